The number of rotatable bonds is 4. The van der Waals surface area contributed by atoms with Gasteiger partial charge in [0.25, 0.3) is 0 Å². The fourth-order valence-corrected chi connectivity index (χ4v) is 4.37. The minimum atomic E-state index is -0.625. The number of hydrogen-bond donors (Lipinski definition) is 0. The van der Waals surface area contributed by atoms with Crippen molar-refractivity contribution < 1.29 is 8.78 Å². The molecule has 21 heavy (non-hydrogen) atoms. The van der Waals surface area contributed by atoms with E-state index in [4.69, 9.17) is 11.6 Å². The van der Waals surface area contributed by atoms with Gasteiger partial charge in [0.2, 0.25) is 0 Å². The molecule has 1 saturated carbocycles. The highest BCUT2D eigenvalue weighted by Crippen LogP contribution is 2.42. The summed E-state index contributed by atoms with van der Waals surface area (Å²) in [6, 6.07) is 2.22. The Morgan fingerprint density at radius 2 is 2.05 bits per heavy atom. The zero-order valence-electron chi connectivity index (χ0n) is 11.8. The molecule has 1 heterocycles. The normalized spacial score (nSPS) is 17.7. The van der Waals surface area contributed by atoms with Gasteiger partial charge in [-0.25, -0.2) is 13.8 Å². The van der Waals surface area contributed by atoms with Crippen LogP contribution >= 0.6 is 23.4 Å². The smallest absolute Gasteiger partial charge is 0.153 e. The van der Waals surface area contributed by atoms with Crippen LogP contribution in [0.25, 0.3) is 11.0 Å². The molecule has 0 unspecified atom stereocenters. The third-order valence-electron chi connectivity index (χ3n) is 4.36. The molecular formula is C15H17ClF2N2S. The summed E-state index contributed by atoms with van der Waals surface area (Å²) in [6.07, 6.45) is 6.74. The first-order chi connectivity index (χ1) is 10.1. The molecule has 0 atom stereocenters. The van der Waals surface area contributed by atoms with Gasteiger partial charge in [-0.15, -0.1) is 11.6 Å². The van der Waals surface area contributed by atoms with Crippen LogP contribution in [0.3, 0.4) is 0 Å². The van der Waals surface area contributed by atoms with Crippen LogP contribution in [0.5, 0.6) is 0 Å². The average molecular weight is 331 g/mol. The Bertz CT molecular complexity index is 665. The second kappa shape index (κ2) is 5.76. The van der Waals surface area contributed by atoms with Gasteiger partial charge in [-0.3, -0.25) is 0 Å². The average Bonchev–Trinajstić information content (AvgIpc) is 3.06. The molecule has 0 amide bonds. The van der Waals surface area contributed by atoms with E-state index in [9.17, 15) is 8.78 Å². The molecule has 0 bridgehead atoms. The quantitative estimate of drug-likeness (QED) is 0.754. The van der Waals surface area contributed by atoms with Crippen molar-refractivity contribution in [2.75, 3.05) is 6.26 Å². The summed E-state index contributed by atoms with van der Waals surface area (Å²) in [5.74, 6) is -0.400. The van der Waals surface area contributed by atoms with Gasteiger partial charge in [0, 0.05) is 17.4 Å². The highest BCUT2D eigenvalue weighted by molar-refractivity contribution is 8.00. The maximum atomic E-state index is 13.9. The second-order valence-electron chi connectivity index (χ2n) is 5.60. The fourth-order valence-electron chi connectivity index (χ4n) is 3.21. The van der Waals surface area contributed by atoms with Crippen LogP contribution in [0.1, 0.15) is 31.5 Å². The maximum Gasteiger partial charge on any atom is 0.153 e. The molecule has 1 aliphatic rings. The van der Waals surface area contributed by atoms with Crippen LogP contribution in [0, 0.1) is 11.6 Å². The summed E-state index contributed by atoms with van der Waals surface area (Å²) >= 11 is 7.80. The van der Waals surface area contributed by atoms with E-state index in [0.29, 0.717) is 17.9 Å². The van der Waals surface area contributed by atoms with E-state index in [0.717, 1.165) is 18.9 Å². The van der Waals surface area contributed by atoms with Gasteiger partial charge in [-0.05, 0) is 25.2 Å². The van der Waals surface area contributed by atoms with Crippen LogP contribution in [-0.2, 0) is 12.4 Å². The third kappa shape index (κ3) is 2.66. The van der Waals surface area contributed by atoms with Crippen molar-refractivity contribution >= 4 is 34.4 Å². The molecule has 1 aliphatic carbocycles. The Hall–Kier alpha value is -0.810. The van der Waals surface area contributed by atoms with Gasteiger partial charge < -0.3 is 4.57 Å². The monoisotopic (exact) mass is 330 g/mol. The van der Waals surface area contributed by atoms with Crippen molar-refractivity contribution in [3.05, 3.63) is 29.6 Å². The molecule has 0 saturated heterocycles. The van der Waals surface area contributed by atoms with Crippen molar-refractivity contribution in [3.63, 3.8) is 0 Å². The largest absolute Gasteiger partial charge is 0.325 e. The zero-order chi connectivity index (χ0) is 15.0. The van der Waals surface area contributed by atoms with E-state index < -0.39 is 11.6 Å². The summed E-state index contributed by atoms with van der Waals surface area (Å²) in [7, 11) is 0. The molecular weight excluding hydrogens is 314 g/mol. The summed E-state index contributed by atoms with van der Waals surface area (Å²) in [4.78, 5) is 4.26. The minimum Gasteiger partial charge on any atom is -0.325 e. The van der Waals surface area contributed by atoms with Crippen LogP contribution in [0.15, 0.2) is 12.1 Å². The summed E-state index contributed by atoms with van der Waals surface area (Å²) < 4.78 is 29.5. The van der Waals surface area contributed by atoms with Crippen molar-refractivity contribution in [1.29, 1.82) is 0 Å². The Balaban J connectivity index is 2.12. The van der Waals surface area contributed by atoms with Gasteiger partial charge in [0.1, 0.15) is 17.2 Å². The van der Waals surface area contributed by atoms with Crippen molar-refractivity contribution in [3.8, 4) is 0 Å². The minimum absolute atomic E-state index is 0.122. The predicted octanol–water partition coefficient (Wildman–Crippen LogP) is 4.73. The highest BCUT2D eigenvalue weighted by Gasteiger charge is 2.34. The number of alkyl halides is 1. The molecule has 1 aromatic heterocycles. The maximum absolute atomic E-state index is 13.9. The SMILES string of the molecule is CSC1(Cn2c(CCl)nc3c(F)cc(F)cc32)CCCC1. The summed E-state index contributed by atoms with van der Waals surface area (Å²) in [6.45, 7) is 0.704. The second-order valence-corrected chi connectivity index (χ2v) is 7.14. The molecule has 1 fully saturated rings. The van der Waals surface area contributed by atoms with Crippen LogP contribution < -0.4 is 0 Å². The molecule has 2 nitrogen and oxygen atoms in total. The zero-order valence-corrected chi connectivity index (χ0v) is 13.4. The number of benzene rings is 1. The van der Waals surface area contributed by atoms with Gasteiger partial charge in [0.15, 0.2) is 5.82 Å². The molecule has 1 aromatic carbocycles. The van der Waals surface area contributed by atoms with E-state index in [2.05, 4.69) is 11.2 Å². The summed E-state index contributed by atoms with van der Waals surface area (Å²) in [5, 5.41) is 0. The fraction of sp³-hybridized carbons (Fsp3) is 0.533. The number of thioether (sulfide) groups is 1. The standard InChI is InChI=1S/C15H17ClF2N2S/c1-21-15(4-2-3-5-15)9-20-12-7-10(17)6-11(18)14(12)19-13(20)8-16/h6-7H,2-5,8-9H2,1H3. The molecule has 0 spiro atoms. The Morgan fingerprint density at radius 1 is 1.33 bits per heavy atom. The molecule has 6 heteroatoms. The first-order valence-corrected chi connectivity index (χ1v) is 8.80. The lowest BCUT2D eigenvalue weighted by Gasteiger charge is -2.28. The lowest BCUT2D eigenvalue weighted by atomic mass is 10.1. The first-order valence-electron chi connectivity index (χ1n) is 7.04. The number of imidazole rings is 1. The molecule has 0 radical (unpaired) electrons. The first kappa shape index (κ1) is 15.1. The van der Waals surface area contributed by atoms with E-state index in [1.165, 1.54) is 18.9 Å². The number of halogens is 3. The highest BCUT2D eigenvalue weighted by atomic mass is 35.5. The van der Waals surface area contributed by atoms with Gasteiger partial charge in [0.05, 0.1) is 11.4 Å². The van der Waals surface area contributed by atoms with Gasteiger partial charge in [-0.1, -0.05) is 12.8 Å². The van der Waals surface area contributed by atoms with Crippen molar-refractivity contribution in [2.24, 2.45) is 0 Å². The lowest BCUT2D eigenvalue weighted by Crippen LogP contribution is -2.27. The van der Waals surface area contributed by atoms with Crippen molar-refractivity contribution in [1.82, 2.24) is 9.55 Å². The van der Waals surface area contributed by atoms with E-state index >= 15 is 0 Å². The van der Waals surface area contributed by atoms with Crippen molar-refractivity contribution in [2.45, 2.75) is 42.9 Å². The molecule has 2 aromatic rings. The molecule has 0 aliphatic heterocycles. The number of aromatic nitrogens is 2. The number of fused-ring (bicyclic) bond motifs is 1. The van der Waals surface area contributed by atoms with Crippen LogP contribution in [0.4, 0.5) is 8.78 Å². The third-order valence-corrected chi connectivity index (χ3v) is 6.01. The Morgan fingerprint density at radius 3 is 2.67 bits per heavy atom. The summed E-state index contributed by atoms with van der Waals surface area (Å²) in [5.41, 5.74) is 0.713. The molecule has 114 valence electrons. The van der Waals surface area contributed by atoms with Crippen LogP contribution in [0.2, 0.25) is 0 Å². The lowest BCUT2D eigenvalue weighted by molar-refractivity contribution is 0.504. The predicted molar refractivity (Wildman–Crippen MR) is 83.9 cm³/mol. The topological polar surface area (TPSA) is 17.8 Å². The van der Waals surface area contributed by atoms with E-state index in [-0.39, 0.29) is 16.1 Å². The number of hydrogen-bond acceptors (Lipinski definition) is 2. The van der Waals surface area contributed by atoms with Gasteiger partial charge in [-0.2, -0.15) is 11.8 Å². The van der Waals surface area contributed by atoms with E-state index in [1.54, 1.807) is 0 Å². The van der Waals surface area contributed by atoms with Gasteiger partial charge >= 0.3 is 0 Å². The molecule has 3 rings (SSSR count). The molecule has 0 N–H and O–H groups in total. The Labute approximate surface area is 131 Å². The van der Waals surface area contributed by atoms with E-state index in [1.807, 2.05) is 16.3 Å². The number of nitrogens with zero attached hydrogens (tertiary/aromatic N) is 2. The van der Waals surface area contributed by atoms with Crippen LogP contribution in [-0.4, -0.2) is 20.6 Å². The Kier molecular flexibility index (Phi) is 4.14.